The van der Waals surface area contributed by atoms with E-state index in [1.807, 2.05) is 18.9 Å². The van der Waals surface area contributed by atoms with Crippen LogP contribution in [0, 0.1) is 5.82 Å². The molecule has 2 atom stereocenters. The predicted molar refractivity (Wildman–Crippen MR) is 115 cm³/mol. The maximum absolute atomic E-state index is 13.1. The lowest BCUT2D eigenvalue weighted by Gasteiger charge is -2.55. The number of aromatic hydroxyl groups is 1. The fraction of sp³-hybridized carbons (Fsp3) is 0.381. The Morgan fingerprint density at radius 1 is 1.32 bits per heavy atom. The number of benzene rings is 1. The van der Waals surface area contributed by atoms with Crippen molar-refractivity contribution >= 4 is 24.4 Å². The summed E-state index contributed by atoms with van der Waals surface area (Å²) in [6.45, 7) is 2.72. The second-order valence-electron chi connectivity index (χ2n) is 7.99. The van der Waals surface area contributed by atoms with Gasteiger partial charge in [-0.05, 0) is 38.1 Å². The highest BCUT2D eigenvalue weighted by molar-refractivity contribution is 7.81. The molecule has 1 unspecified atom stereocenters. The van der Waals surface area contributed by atoms with E-state index in [0.717, 1.165) is 6.42 Å². The van der Waals surface area contributed by atoms with Crippen molar-refractivity contribution in [1.82, 2.24) is 19.7 Å². The number of amides is 2. The number of hydrogen-bond donors (Lipinski definition) is 3. The van der Waals surface area contributed by atoms with Gasteiger partial charge >= 0.3 is 0 Å². The number of halogens is 1. The maximum atomic E-state index is 13.1. The molecule has 0 aliphatic carbocycles. The Kier molecular flexibility index (Phi) is 5.30. The SMILES string of the molecule is C[C@H]1CCN2C(=O)c3c(O)c(=O)c(C(=O)NCc4ccc(F)cc4)cn3CC2(S)N1C. The van der Waals surface area contributed by atoms with Crippen molar-refractivity contribution in [3.8, 4) is 5.75 Å². The highest BCUT2D eigenvalue weighted by Crippen LogP contribution is 2.39. The molecule has 10 heteroatoms. The maximum Gasteiger partial charge on any atom is 0.276 e. The van der Waals surface area contributed by atoms with Crippen molar-refractivity contribution in [2.75, 3.05) is 13.6 Å². The van der Waals surface area contributed by atoms with Crippen LogP contribution in [0.1, 0.15) is 39.8 Å². The molecule has 31 heavy (non-hydrogen) atoms. The molecule has 0 bridgehead atoms. The van der Waals surface area contributed by atoms with Gasteiger partial charge in [0.1, 0.15) is 11.4 Å². The van der Waals surface area contributed by atoms with Gasteiger partial charge in [0.05, 0.1) is 6.54 Å². The number of nitrogens with one attached hydrogen (secondary N) is 1. The summed E-state index contributed by atoms with van der Waals surface area (Å²) < 4.78 is 14.5. The first-order valence-corrected chi connectivity index (χ1v) is 10.3. The van der Waals surface area contributed by atoms with Crippen LogP contribution in [-0.4, -0.2) is 55.9 Å². The number of rotatable bonds is 3. The highest BCUT2D eigenvalue weighted by Gasteiger charge is 2.50. The number of fused-ring (bicyclic) bond motifs is 2. The first-order valence-electron chi connectivity index (χ1n) is 9.90. The number of thiol groups is 1. The van der Waals surface area contributed by atoms with Crippen LogP contribution in [0.3, 0.4) is 0 Å². The van der Waals surface area contributed by atoms with Gasteiger partial charge in [-0.3, -0.25) is 19.3 Å². The first kappa shape index (κ1) is 21.4. The van der Waals surface area contributed by atoms with Crippen LogP contribution in [0.2, 0.25) is 0 Å². The Labute approximate surface area is 183 Å². The molecule has 1 saturated heterocycles. The van der Waals surface area contributed by atoms with E-state index in [0.29, 0.717) is 12.1 Å². The summed E-state index contributed by atoms with van der Waals surface area (Å²) in [5.41, 5.74) is -0.697. The van der Waals surface area contributed by atoms with Crippen LogP contribution in [0.15, 0.2) is 35.3 Å². The zero-order valence-electron chi connectivity index (χ0n) is 17.1. The van der Waals surface area contributed by atoms with Crippen LogP contribution in [0.25, 0.3) is 0 Å². The molecule has 3 heterocycles. The van der Waals surface area contributed by atoms with Gasteiger partial charge in [0.15, 0.2) is 16.4 Å². The van der Waals surface area contributed by atoms with Gasteiger partial charge in [-0.2, -0.15) is 0 Å². The molecule has 0 saturated carbocycles. The summed E-state index contributed by atoms with van der Waals surface area (Å²) in [4.78, 5) is 41.0. The number of likely N-dealkylation sites (N-methyl/N-ethyl adjacent to an activating group) is 1. The minimum Gasteiger partial charge on any atom is -0.503 e. The number of aromatic nitrogens is 1. The molecule has 2 amide bonds. The van der Waals surface area contributed by atoms with Gasteiger partial charge in [0, 0.05) is 25.3 Å². The minimum absolute atomic E-state index is 0.0739. The summed E-state index contributed by atoms with van der Waals surface area (Å²) in [7, 11) is 1.86. The van der Waals surface area contributed by atoms with E-state index in [1.54, 1.807) is 4.90 Å². The molecule has 1 fully saturated rings. The predicted octanol–water partition coefficient (Wildman–Crippen LogP) is 1.39. The van der Waals surface area contributed by atoms with E-state index < -0.39 is 33.8 Å². The van der Waals surface area contributed by atoms with E-state index in [1.165, 1.54) is 35.0 Å². The van der Waals surface area contributed by atoms with Gasteiger partial charge in [0.25, 0.3) is 11.8 Å². The lowest BCUT2D eigenvalue weighted by molar-refractivity contribution is -0.0395. The number of hydrogen-bond acceptors (Lipinski definition) is 6. The Balaban J connectivity index is 1.67. The summed E-state index contributed by atoms with van der Waals surface area (Å²) >= 11 is 4.78. The smallest absolute Gasteiger partial charge is 0.276 e. The molecule has 1 aromatic heterocycles. The van der Waals surface area contributed by atoms with E-state index in [9.17, 15) is 23.9 Å². The van der Waals surface area contributed by atoms with Crippen molar-refractivity contribution in [3.05, 3.63) is 63.3 Å². The van der Waals surface area contributed by atoms with Gasteiger partial charge < -0.3 is 19.9 Å². The second kappa shape index (κ2) is 7.69. The van der Waals surface area contributed by atoms with E-state index in [-0.39, 0.29) is 30.4 Å². The molecule has 1 aromatic carbocycles. The fourth-order valence-electron chi connectivity index (χ4n) is 4.09. The molecule has 8 nitrogen and oxygen atoms in total. The summed E-state index contributed by atoms with van der Waals surface area (Å²) in [6, 6.07) is 5.75. The molecule has 0 radical (unpaired) electrons. The fourth-order valence-corrected chi connectivity index (χ4v) is 4.63. The van der Waals surface area contributed by atoms with Crippen LogP contribution >= 0.6 is 12.6 Å². The zero-order valence-corrected chi connectivity index (χ0v) is 18.0. The Bertz CT molecular complexity index is 1120. The molecule has 2 aliphatic rings. The van der Waals surface area contributed by atoms with Crippen molar-refractivity contribution in [2.45, 2.75) is 37.5 Å². The quantitative estimate of drug-likeness (QED) is 0.620. The van der Waals surface area contributed by atoms with Gasteiger partial charge in [0.2, 0.25) is 5.43 Å². The Morgan fingerprint density at radius 2 is 2.00 bits per heavy atom. The highest BCUT2D eigenvalue weighted by atomic mass is 32.1. The van der Waals surface area contributed by atoms with Crippen LogP contribution in [-0.2, 0) is 13.1 Å². The van der Waals surface area contributed by atoms with Crippen LogP contribution in [0.4, 0.5) is 4.39 Å². The number of carbonyl (C=O) groups is 2. The molecule has 2 N–H and O–H groups in total. The molecule has 164 valence electrons. The van der Waals surface area contributed by atoms with Crippen molar-refractivity contribution in [3.63, 3.8) is 0 Å². The first-order chi connectivity index (χ1) is 14.6. The van der Waals surface area contributed by atoms with Gasteiger partial charge in [-0.15, -0.1) is 12.6 Å². The van der Waals surface area contributed by atoms with E-state index in [2.05, 4.69) is 5.32 Å². The summed E-state index contributed by atoms with van der Waals surface area (Å²) in [5, 5.41) is 13.1. The topological polar surface area (TPSA) is 94.9 Å². The van der Waals surface area contributed by atoms with Crippen LogP contribution < -0.4 is 10.7 Å². The van der Waals surface area contributed by atoms with Crippen molar-refractivity contribution in [1.29, 1.82) is 0 Å². The van der Waals surface area contributed by atoms with Crippen molar-refractivity contribution < 1.29 is 19.1 Å². The Morgan fingerprint density at radius 3 is 2.68 bits per heavy atom. The van der Waals surface area contributed by atoms with Crippen molar-refractivity contribution in [2.24, 2.45) is 0 Å². The molecule has 4 rings (SSSR count). The third kappa shape index (κ3) is 3.49. The minimum atomic E-state index is -0.953. The summed E-state index contributed by atoms with van der Waals surface area (Å²) in [6.07, 6.45) is 2.02. The lowest BCUT2D eigenvalue weighted by atomic mass is 10.0. The molecular formula is C21H23FN4O4S. The molecule has 0 spiro atoms. The number of carbonyl (C=O) groups excluding carboxylic acids is 2. The number of nitrogens with zero attached hydrogens (tertiary/aromatic N) is 3. The third-order valence-corrected chi connectivity index (χ3v) is 6.82. The lowest BCUT2D eigenvalue weighted by Crippen LogP contribution is -2.68. The summed E-state index contributed by atoms with van der Waals surface area (Å²) in [5.74, 6) is -2.35. The van der Waals surface area contributed by atoms with Gasteiger partial charge in [-0.1, -0.05) is 12.1 Å². The van der Waals surface area contributed by atoms with Gasteiger partial charge in [-0.25, -0.2) is 4.39 Å². The molecule has 2 aromatic rings. The average molecular weight is 447 g/mol. The van der Waals surface area contributed by atoms with E-state index in [4.69, 9.17) is 12.6 Å². The number of pyridine rings is 1. The normalized spacial score (nSPS) is 23.3. The second-order valence-corrected chi connectivity index (χ2v) is 8.70. The third-order valence-electron chi connectivity index (χ3n) is 6.13. The van der Waals surface area contributed by atoms with E-state index >= 15 is 0 Å². The average Bonchev–Trinajstić information content (AvgIpc) is 2.73. The largest absolute Gasteiger partial charge is 0.503 e. The standard InChI is InChI=1S/C21H23FN4O4S/c1-12-7-8-26-20(30)16-18(28)17(27)15(10-25(16)11-21(26,31)24(12)2)19(29)23-9-13-3-5-14(22)6-4-13/h3-6,10,12,28,31H,7-9,11H2,1-2H3,(H,23,29)/t12-,21?/m0/s1. The monoisotopic (exact) mass is 446 g/mol. The zero-order chi connectivity index (χ0) is 22.5. The Hall–Kier alpha value is -2.85. The molecular weight excluding hydrogens is 423 g/mol. The van der Waals surface area contributed by atoms with Crippen LogP contribution in [0.5, 0.6) is 5.75 Å². The molecule has 2 aliphatic heterocycles.